The predicted molar refractivity (Wildman–Crippen MR) is 75.6 cm³/mol. The van der Waals surface area contributed by atoms with Gasteiger partial charge in [0.2, 0.25) is 5.88 Å². The minimum atomic E-state index is -3.80. The minimum absolute atomic E-state index is 0.0674. The van der Waals surface area contributed by atoms with Crippen molar-refractivity contribution in [2.75, 3.05) is 0 Å². The molecule has 1 amide bonds. The van der Waals surface area contributed by atoms with Crippen molar-refractivity contribution in [3.05, 3.63) is 23.9 Å². The predicted octanol–water partition coefficient (Wildman–Crippen LogP) is 2.04. The van der Waals surface area contributed by atoms with Gasteiger partial charge in [0.05, 0.1) is 6.10 Å². The Morgan fingerprint density at radius 3 is 2.77 bits per heavy atom. The highest BCUT2D eigenvalue weighted by atomic mass is 19.3. The van der Waals surface area contributed by atoms with Crippen molar-refractivity contribution in [2.45, 2.75) is 57.3 Å². The molecule has 122 valence electrons. The number of nitrogens with one attached hydrogen (secondary N) is 1. The summed E-state index contributed by atoms with van der Waals surface area (Å²) in [6.07, 6.45) is 1.76. The number of alkyl halides is 2. The first-order valence-electron chi connectivity index (χ1n) is 7.25. The maximum absolute atomic E-state index is 14.0. The van der Waals surface area contributed by atoms with Crippen LogP contribution in [0.15, 0.2) is 18.3 Å². The van der Waals surface area contributed by atoms with Crippen molar-refractivity contribution in [2.24, 2.45) is 0 Å². The van der Waals surface area contributed by atoms with Crippen LogP contribution in [0.2, 0.25) is 0 Å². The number of carbonyl (C=O) groups excluding carboxylic acids is 1. The van der Waals surface area contributed by atoms with Gasteiger partial charge in [0, 0.05) is 18.3 Å². The van der Waals surface area contributed by atoms with Crippen molar-refractivity contribution in [3.8, 4) is 5.88 Å². The molecule has 0 saturated heterocycles. The molecule has 2 rings (SSSR count). The molecule has 0 spiro atoms. The third-order valence-electron chi connectivity index (χ3n) is 3.69. The molecule has 0 aliphatic heterocycles. The van der Waals surface area contributed by atoms with Gasteiger partial charge in [-0.15, -0.1) is 0 Å². The van der Waals surface area contributed by atoms with Gasteiger partial charge >= 0.3 is 5.92 Å². The van der Waals surface area contributed by atoms with E-state index in [2.05, 4.69) is 10.3 Å². The third-order valence-corrected chi connectivity index (χ3v) is 3.69. The second-order valence-electron chi connectivity index (χ2n) is 5.78. The zero-order valence-corrected chi connectivity index (χ0v) is 12.6. The zero-order chi connectivity index (χ0) is 16.4. The summed E-state index contributed by atoms with van der Waals surface area (Å²) in [5.41, 5.74) is -1.72. The number of aromatic nitrogens is 1. The maximum atomic E-state index is 14.0. The molecule has 5 nitrogen and oxygen atoms in total. The summed E-state index contributed by atoms with van der Waals surface area (Å²) < 4.78 is 33.4. The lowest BCUT2D eigenvalue weighted by Gasteiger charge is -2.41. The van der Waals surface area contributed by atoms with Gasteiger partial charge in [0.15, 0.2) is 0 Å². The lowest BCUT2D eigenvalue weighted by atomic mass is 9.75. The van der Waals surface area contributed by atoms with Gasteiger partial charge in [-0.05, 0) is 39.2 Å². The molecule has 0 bridgehead atoms. The van der Waals surface area contributed by atoms with E-state index in [0.29, 0.717) is 17.9 Å². The molecule has 0 aromatic carbocycles. The molecule has 1 aliphatic rings. The molecule has 1 saturated carbocycles. The molecule has 0 radical (unpaired) electrons. The Hall–Kier alpha value is -1.76. The molecule has 1 aromatic rings. The van der Waals surface area contributed by atoms with Crippen LogP contribution in [0.1, 0.15) is 38.7 Å². The van der Waals surface area contributed by atoms with Crippen molar-refractivity contribution in [3.63, 3.8) is 0 Å². The van der Waals surface area contributed by atoms with Crippen LogP contribution < -0.4 is 10.1 Å². The van der Waals surface area contributed by atoms with Crippen LogP contribution in [-0.4, -0.2) is 33.6 Å². The van der Waals surface area contributed by atoms with E-state index in [1.807, 2.05) is 13.8 Å². The smallest absolute Gasteiger partial charge is 0.352 e. The lowest BCUT2D eigenvalue weighted by molar-refractivity contribution is -0.216. The lowest BCUT2D eigenvalue weighted by Crippen LogP contribution is -2.60. The van der Waals surface area contributed by atoms with Gasteiger partial charge in [-0.2, -0.15) is 8.78 Å². The quantitative estimate of drug-likeness (QED) is 0.843. The van der Waals surface area contributed by atoms with E-state index in [4.69, 9.17) is 4.74 Å². The Morgan fingerprint density at radius 1 is 1.55 bits per heavy atom. The largest absolute Gasteiger partial charge is 0.475 e. The van der Waals surface area contributed by atoms with Crippen molar-refractivity contribution in [1.29, 1.82) is 0 Å². The normalized spacial score (nSPS) is 17.0. The number of carbonyl (C=O) groups is 1. The molecule has 0 atom stereocenters. The molecule has 1 aromatic heterocycles. The molecule has 1 aliphatic carbocycles. The molecule has 2 N–H and O–H groups in total. The molecule has 1 heterocycles. The second kappa shape index (κ2) is 6.16. The van der Waals surface area contributed by atoms with E-state index in [0.717, 1.165) is 0 Å². The summed E-state index contributed by atoms with van der Waals surface area (Å²) in [4.78, 5) is 15.8. The van der Waals surface area contributed by atoms with Gasteiger partial charge < -0.3 is 15.2 Å². The monoisotopic (exact) mass is 314 g/mol. The van der Waals surface area contributed by atoms with Crippen LogP contribution in [0, 0.1) is 0 Å². The summed E-state index contributed by atoms with van der Waals surface area (Å²) in [6.45, 7) is 3.50. The number of aliphatic hydroxyl groups is 1. The first-order valence-corrected chi connectivity index (χ1v) is 7.25. The summed E-state index contributed by atoms with van der Waals surface area (Å²) in [7, 11) is 0. The van der Waals surface area contributed by atoms with Crippen molar-refractivity contribution >= 4 is 5.91 Å². The van der Waals surface area contributed by atoms with E-state index in [-0.39, 0.29) is 25.5 Å². The Kier molecular flexibility index (Phi) is 4.65. The number of ether oxygens (including phenoxy) is 1. The second-order valence-corrected chi connectivity index (χ2v) is 5.78. The summed E-state index contributed by atoms with van der Waals surface area (Å²) in [5, 5.41) is 11.9. The number of hydrogen-bond donors (Lipinski definition) is 2. The van der Waals surface area contributed by atoms with Crippen molar-refractivity contribution in [1.82, 2.24) is 10.3 Å². The van der Waals surface area contributed by atoms with Gasteiger partial charge in [-0.1, -0.05) is 6.07 Å². The van der Waals surface area contributed by atoms with E-state index in [9.17, 15) is 18.7 Å². The van der Waals surface area contributed by atoms with Gasteiger partial charge in [-0.25, -0.2) is 4.98 Å². The highest BCUT2D eigenvalue weighted by Gasteiger charge is 2.61. The average Bonchev–Trinajstić information content (AvgIpc) is 2.42. The highest BCUT2D eigenvalue weighted by molar-refractivity contribution is 5.85. The molecule has 1 fully saturated rings. The van der Waals surface area contributed by atoms with E-state index in [1.165, 1.54) is 6.20 Å². The summed E-state index contributed by atoms with van der Waals surface area (Å²) in [5.74, 6) is -4.98. The summed E-state index contributed by atoms with van der Waals surface area (Å²) in [6, 6.07) is 3.27. The summed E-state index contributed by atoms with van der Waals surface area (Å²) >= 11 is 0. The van der Waals surface area contributed by atoms with Crippen LogP contribution in [0.5, 0.6) is 5.88 Å². The topological polar surface area (TPSA) is 71.5 Å². The fourth-order valence-electron chi connectivity index (χ4n) is 2.21. The Bertz CT molecular complexity index is 545. The SMILES string of the molecule is CC(C)Oc1ncccc1CNC(=O)C(F)(F)C1(O)CCC1. The Balaban J connectivity index is 2.02. The molecular formula is C15H20F2N2O3. The number of rotatable bonds is 6. The minimum Gasteiger partial charge on any atom is -0.475 e. The maximum Gasteiger partial charge on any atom is 0.352 e. The third kappa shape index (κ3) is 3.19. The number of amides is 1. The molecule has 22 heavy (non-hydrogen) atoms. The highest BCUT2D eigenvalue weighted by Crippen LogP contribution is 2.44. The van der Waals surface area contributed by atoms with E-state index >= 15 is 0 Å². The van der Waals surface area contributed by atoms with Gasteiger partial charge in [0.25, 0.3) is 5.91 Å². The van der Waals surface area contributed by atoms with Crippen LogP contribution in [0.4, 0.5) is 8.78 Å². The first kappa shape index (κ1) is 16.6. The number of pyridine rings is 1. The van der Waals surface area contributed by atoms with Gasteiger partial charge in [-0.3, -0.25) is 4.79 Å². The number of hydrogen-bond acceptors (Lipinski definition) is 4. The van der Waals surface area contributed by atoms with Gasteiger partial charge in [0.1, 0.15) is 5.60 Å². The Morgan fingerprint density at radius 2 is 2.23 bits per heavy atom. The zero-order valence-electron chi connectivity index (χ0n) is 12.6. The first-order chi connectivity index (χ1) is 10.3. The van der Waals surface area contributed by atoms with Crippen molar-refractivity contribution < 1.29 is 23.4 Å². The van der Waals surface area contributed by atoms with Crippen LogP contribution in [0.25, 0.3) is 0 Å². The molecular weight excluding hydrogens is 294 g/mol. The fourth-order valence-corrected chi connectivity index (χ4v) is 2.21. The van der Waals surface area contributed by atoms with E-state index in [1.54, 1.807) is 12.1 Å². The number of nitrogens with zero attached hydrogens (tertiary/aromatic N) is 1. The van der Waals surface area contributed by atoms with Crippen LogP contribution in [0.3, 0.4) is 0 Å². The molecule has 7 heteroatoms. The van der Waals surface area contributed by atoms with Crippen LogP contribution >= 0.6 is 0 Å². The fraction of sp³-hybridized carbons (Fsp3) is 0.600. The van der Waals surface area contributed by atoms with Crippen LogP contribution in [-0.2, 0) is 11.3 Å². The standard InChI is InChI=1S/C15H20F2N2O3/c1-10(2)22-12-11(5-3-8-18-12)9-19-13(20)15(16,17)14(21)6-4-7-14/h3,5,8,10,21H,4,6-7,9H2,1-2H3,(H,19,20). The molecule has 0 unspecified atom stereocenters. The van der Waals surface area contributed by atoms with E-state index < -0.39 is 17.4 Å². The number of halogens is 2. The average molecular weight is 314 g/mol. The Labute approximate surface area is 127 Å².